The van der Waals surface area contributed by atoms with Crippen LogP contribution >= 0.6 is 0 Å². The van der Waals surface area contributed by atoms with Gasteiger partial charge in [0.2, 0.25) is 0 Å². The van der Waals surface area contributed by atoms with E-state index in [4.69, 9.17) is 5.26 Å². The van der Waals surface area contributed by atoms with Crippen LogP contribution in [0.25, 0.3) is 10.8 Å². The van der Waals surface area contributed by atoms with E-state index in [-0.39, 0.29) is 6.42 Å². The summed E-state index contributed by atoms with van der Waals surface area (Å²) < 4.78 is 0. The molecular formula is C21H16N2O3. The van der Waals surface area contributed by atoms with E-state index in [0.29, 0.717) is 16.7 Å². The van der Waals surface area contributed by atoms with Crippen LogP contribution in [0, 0.1) is 11.3 Å². The van der Waals surface area contributed by atoms with E-state index in [1.54, 1.807) is 36.4 Å². The van der Waals surface area contributed by atoms with Crippen molar-refractivity contribution < 1.29 is 14.7 Å². The molecule has 0 fully saturated rings. The highest BCUT2D eigenvalue weighted by atomic mass is 16.4. The average molecular weight is 344 g/mol. The Bertz CT molecular complexity index is 1020. The minimum Gasteiger partial charge on any atom is -0.480 e. The molecule has 2 N–H and O–H groups in total. The standard InChI is InChI=1S/C21H16N2O3/c22-13-18-8-4-3-7-16(18)12-19(21(25)26)23-20(24)17-10-9-14-5-1-2-6-15(14)11-17/h1-11,19H,12H2,(H,23,24)(H,25,26)/t19-/m0/s1. The van der Waals surface area contributed by atoms with Crippen molar-refractivity contribution in [2.45, 2.75) is 12.5 Å². The second-order valence-electron chi connectivity index (χ2n) is 5.90. The van der Waals surface area contributed by atoms with Crippen molar-refractivity contribution in [1.82, 2.24) is 5.32 Å². The van der Waals surface area contributed by atoms with Gasteiger partial charge in [0.05, 0.1) is 11.6 Å². The van der Waals surface area contributed by atoms with Crippen LogP contribution in [0.5, 0.6) is 0 Å². The maximum absolute atomic E-state index is 12.5. The molecule has 0 unspecified atom stereocenters. The molecule has 0 aliphatic rings. The van der Waals surface area contributed by atoms with Gasteiger partial charge in [0.1, 0.15) is 6.04 Å². The number of aliphatic carboxylic acids is 1. The smallest absolute Gasteiger partial charge is 0.326 e. The van der Waals surface area contributed by atoms with Crippen molar-refractivity contribution in [2.24, 2.45) is 0 Å². The molecular weight excluding hydrogens is 328 g/mol. The van der Waals surface area contributed by atoms with Crippen LogP contribution in [-0.4, -0.2) is 23.0 Å². The van der Waals surface area contributed by atoms with E-state index in [1.165, 1.54) is 0 Å². The number of nitriles is 1. The number of hydrogen-bond acceptors (Lipinski definition) is 3. The topological polar surface area (TPSA) is 90.2 Å². The Balaban J connectivity index is 1.82. The van der Waals surface area contributed by atoms with Crippen LogP contribution < -0.4 is 5.32 Å². The zero-order valence-electron chi connectivity index (χ0n) is 13.8. The molecule has 0 saturated carbocycles. The molecule has 128 valence electrons. The van der Waals surface area contributed by atoms with E-state index in [0.717, 1.165) is 10.8 Å². The first-order valence-electron chi connectivity index (χ1n) is 8.09. The van der Waals surface area contributed by atoms with E-state index < -0.39 is 17.9 Å². The van der Waals surface area contributed by atoms with E-state index in [1.807, 2.05) is 36.4 Å². The van der Waals surface area contributed by atoms with Gasteiger partial charge in [0, 0.05) is 12.0 Å². The van der Waals surface area contributed by atoms with E-state index in [2.05, 4.69) is 5.32 Å². The summed E-state index contributed by atoms with van der Waals surface area (Å²) in [6.45, 7) is 0. The largest absolute Gasteiger partial charge is 0.480 e. The summed E-state index contributed by atoms with van der Waals surface area (Å²) in [5.41, 5.74) is 1.38. The lowest BCUT2D eigenvalue weighted by molar-refractivity contribution is -0.139. The molecule has 0 bridgehead atoms. The molecule has 5 nitrogen and oxygen atoms in total. The van der Waals surface area contributed by atoms with Crippen LogP contribution in [0.15, 0.2) is 66.7 Å². The van der Waals surface area contributed by atoms with Crippen LogP contribution in [0.2, 0.25) is 0 Å². The van der Waals surface area contributed by atoms with Gasteiger partial charge in [0.25, 0.3) is 5.91 Å². The Morgan fingerprint density at radius 2 is 1.69 bits per heavy atom. The quantitative estimate of drug-likeness (QED) is 0.744. The molecule has 0 aliphatic heterocycles. The summed E-state index contributed by atoms with van der Waals surface area (Å²) >= 11 is 0. The lowest BCUT2D eigenvalue weighted by Gasteiger charge is -2.15. The second-order valence-corrected chi connectivity index (χ2v) is 5.90. The summed E-state index contributed by atoms with van der Waals surface area (Å²) in [6, 6.07) is 20.5. The fourth-order valence-electron chi connectivity index (χ4n) is 2.80. The third-order valence-corrected chi connectivity index (χ3v) is 4.18. The van der Waals surface area contributed by atoms with Crippen LogP contribution in [0.3, 0.4) is 0 Å². The molecule has 3 aromatic rings. The molecule has 0 radical (unpaired) electrons. The molecule has 3 aromatic carbocycles. The highest BCUT2D eigenvalue weighted by Gasteiger charge is 2.22. The van der Waals surface area contributed by atoms with Gasteiger partial charge in [-0.1, -0.05) is 48.5 Å². The minimum absolute atomic E-state index is 0.0401. The number of rotatable bonds is 5. The SMILES string of the molecule is N#Cc1ccccc1C[C@H](NC(=O)c1ccc2ccccc2c1)C(=O)O. The van der Waals surface area contributed by atoms with E-state index in [9.17, 15) is 14.7 Å². The molecule has 3 rings (SSSR count). The highest BCUT2D eigenvalue weighted by Crippen LogP contribution is 2.16. The number of carbonyl (C=O) groups excluding carboxylic acids is 1. The molecule has 26 heavy (non-hydrogen) atoms. The number of carboxylic acids is 1. The Labute approximate surface area is 150 Å². The maximum Gasteiger partial charge on any atom is 0.326 e. The van der Waals surface area contributed by atoms with Gasteiger partial charge in [-0.05, 0) is 34.5 Å². The summed E-state index contributed by atoms with van der Waals surface area (Å²) in [4.78, 5) is 24.1. The molecule has 0 aromatic heterocycles. The Hall–Kier alpha value is -3.65. The third kappa shape index (κ3) is 3.70. The Morgan fingerprint density at radius 3 is 2.42 bits per heavy atom. The molecule has 0 heterocycles. The van der Waals surface area contributed by atoms with Gasteiger partial charge < -0.3 is 10.4 Å². The number of carboxylic acid groups (broad SMARTS) is 1. The van der Waals surface area contributed by atoms with Gasteiger partial charge in [-0.2, -0.15) is 5.26 Å². The molecule has 1 amide bonds. The maximum atomic E-state index is 12.5. The number of nitrogens with zero attached hydrogens (tertiary/aromatic N) is 1. The van der Waals surface area contributed by atoms with Crippen molar-refractivity contribution >= 4 is 22.6 Å². The van der Waals surface area contributed by atoms with Gasteiger partial charge >= 0.3 is 5.97 Å². The molecule has 1 atom stereocenters. The monoisotopic (exact) mass is 344 g/mol. The van der Waals surface area contributed by atoms with Gasteiger partial charge in [-0.25, -0.2) is 4.79 Å². The summed E-state index contributed by atoms with van der Waals surface area (Å²) in [5, 5.41) is 23.1. The third-order valence-electron chi connectivity index (χ3n) is 4.18. The van der Waals surface area contributed by atoms with Crippen LogP contribution in [-0.2, 0) is 11.2 Å². The first-order chi connectivity index (χ1) is 12.6. The Kier molecular flexibility index (Phi) is 4.95. The number of nitrogens with one attached hydrogen (secondary N) is 1. The van der Waals surface area contributed by atoms with E-state index >= 15 is 0 Å². The first kappa shape index (κ1) is 17.2. The van der Waals surface area contributed by atoms with Crippen LogP contribution in [0.1, 0.15) is 21.5 Å². The zero-order valence-corrected chi connectivity index (χ0v) is 13.8. The number of fused-ring (bicyclic) bond motifs is 1. The molecule has 0 saturated heterocycles. The first-order valence-corrected chi connectivity index (χ1v) is 8.09. The molecule has 0 aliphatic carbocycles. The number of benzene rings is 3. The average Bonchev–Trinajstić information content (AvgIpc) is 2.67. The lowest BCUT2D eigenvalue weighted by Crippen LogP contribution is -2.42. The summed E-state index contributed by atoms with van der Waals surface area (Å²) in [6.07, 6.45) is 0.0401. The lowest BCUT2D eigenvalue weighted by atomic mass is 10.0. The van der Waals surface area contributed by atoms with Crippen molar-refractivity contribution in [1.29, 1.82) is 5.26 Å². The minimum atomic E-state index is -1.15. The zero-order chi connectivity index (χ0) is 18.5. The number of hydrogen-bond donors (Lipinski definition) is 2. The predicted molar refractivity (Wildman–Crippen MR) is 97.7 cm³/mol. The fraction of sp³-hybridized carbons (Fsp3) is 0.0952. The Morgan fingerprint density at radius 1 is 1.00 bits per heavy atom. The van der Waals surface area contributed by atoms with Gasteiger partial charge in [0.15, 0.2) is 0 Å². The van der Waals surface area contributed by atoms with Gasteiger partial charge in [-0.3, -0.25) is 4.79 Å². The summed E-state index contributed by atoms with van der Waals surface area (Å²) in [5.74, 6) is -1.61. The molecule has 0 spiro atoms. The van der Waals surface area contributed by atoms with Crippen molar-refractivity contribution in [3.8, 4) is 6.07 Å². The van der Waals surface area contributed by atoms with Crippen molar-refractivity contribution in [3.05, 3.63) is 83.4 Å². The number of carbonyl (C=O) groups is 2. The molecule has 5 heteroatoms. The fourth-order valence-corrected chi connectivity index (χ4v) is 2.80. The number of amides is 1. The predicted octanol–water partition coefficient (Wildman–Crippen LogP) is 3.14. The summed E-state index contributed by atoms with van der Waals surface area (Å²) in [7, 11) is 0. The van der Waals surface area contributed by atoms with Crippen molar-refractivity contribution in [2.75, 3.05) is 0 Å². The van der Waals surface area contributed by atoms with Crippen molar-refractivity contribution in [3.63, 3.8) is 0 Å². The second kappa shape index (κ2) is 7.49. The van der Waals surface area contributed by atoms with Gasteiger partial charge in [-0.15, -0.1) is 0 Å². The van der Waals surface area contributed by atoms with Crippen LogP contribution in [0.4, 0.5) is 0 Å². The highest BCUT2D eigenvalue weighted by molar-refractivity contribution is 6.00. The normalized spacial score (nSPS) is 11.5.